The molecule has 0 radical (unpaired) electrons. The molecule has 1 aliphatic carbocycles. The van der Waals surface area contributed by atoms with Crippen molar-refractivity contribution in [2.75, 3.05) is 12.4 Å². The van der Waals surface area contributed by atoms with Crippen molar-refractivity contribution in [1.82, 2.24) is 5.32 Å². The van der Waals surface area contributed by atoms with Gasteiger partial charge in [0.15, 0.2) is 0 Å². The van der Waals surface area contributed by atoms with E-state index in [0.29, 0.717) is 11.8 Å². The molecule has 2 rings (SSSR count). The second-order valence-corrected chi connectivity index (χ2v) is 6.06. The molecule has 0 heterocycles. The Morgan fingerprint density at radius 3 is 2.68 bits per heavy atom. The van der Waals surface area contributed by atoms with Crippen molar-refractivity contribution in [1.29, 1.82) is 0 Å². The van der Waals surface area contributed by atoms with Crippen LogP contribution in [0.1, 0.15) is 56.6 Å². The van der Waals surface area contributed by atoms with Gasteiger partial charge in [-0.1, -0.05) is 38.1 Å². The predicted octanol–water partition coefficient (Wildman–Crippen LogP) is 4.49. The number of fused-ring (bicyclic) bond motifs is 1. The molecule has 1 aromatic rings. The molecule has 0 fully saturated rings. The monoisotopic (exact) mass is 279 g/mol. The summed E-state index contributed by atoms with van der Waals surface area (Å²) in [7, 11) is 0. The Bertz CT molecular complexity index is 390. The third-order valence-corrected chi connectivity index (χ3v) is 5.34. The summed E-state index contributed by atoms with van der Waals surface area (Å²) in [5, 5.41) is 3.76. The molecule has 0 spiro atoms. The van der Waals surface area contributed by atoms with Crippen LogP contribution in [0.2, 0.25) is 0 Å². The van der Waals surface area contributed by atoms with E-state index in [4.69, 9.17) is 11.6 Å². The van der Waals surface area contributed by atoms with E-state index in [1.54, 1.807) is 11.1 Å². The molecule has 1 N–H and O–H groups in total. The van der Waals surface area contributed by atoms with E-state index in [9.17, 15) is 0 Å². The molecule has 1 atom stereocenters. The average Bonchev–Trinajstić information content (AvgIpc) is 2.49. The molecule has 0 aromatic heterocycles. The van der Waals surface area contributed by atoms with Gasteiger partial charge in [-0.3, -0.25) is 0 Å². The summed E-state index contributed by atoms with van der Waals surface area (Å²) in [5.74, 6) is 1.36. The van der Waals surface area contributed by atoms with Crippen molar-refractivity contribution in [3.05, 3.63) is 35.4 Å². The average molecular weight is 280 g/mol. The van der Waals surface area contributed by atoms with Gasteiger partial charge in [0.05, 0.1) is 0 Å². The quantitative estimate of drug-likeness (QED) is 0.757. The Kier molecular flexibility index (Phi) is 5.29. The number of halogens is 1. The summed E-state index contributed by atoms with van der Waals surface area (Å²) in [6.07, 6.45) is 6.06. The molecule has 106 valence electrons. The van der Waals surface area contributed by atoms with E-state index < -0.39 is 0 Å². The van der Waals surface area contributed by atoms with Crippen molar-refractivity contribution in [2.45, 2.75) is 57.4 Å². The van der Waals surface area contributed by atoms with Crippen LogP contribution in [-0.4, -0.2) is 18.0 Å². The van der Waals surface area contributed by atoms with Gasteiger partial charge in [-0.25, -0.2) is 0 Å². The highest BCUT2D eigenvalue weighted by Crippen LogP contribution is 2.31. The van der Waals surface area contributed by atoms with Crippen LogP contribution in [0.3, 0.4) is 0 Å². The van der Waals surface area contributed by atoms with E-state index in [-0.39, 0.29) is 5.54 Å². The third-order valence-electron chi connectivity index (χ3n) is 4.83. The molecule has 0 saturated carbocycles. The van der Waals surface area contributed by atoms with E-state index in [2.05, 4.69) is 43.4 Å². The summed E-state index contributed by atoms with van der Waals surface area (Å²) < 4.78 is 0. The number of alkyl halides is 1. The molecule has 0 aliphatic heterocycles. The number of benzene rings is 1. The lowest BCUT2D eigenvalue weighted by molar-refractivity contribution is 0.319. The third kappa shape index (κ3) is 3.32. The fraction of sp³-hybridized carbons (Fsp3) is 0.647. The molecule has 1 unspecified atom stereocenters. The molecule has 0 amide bonds. The second-order valence-electron chi connectivity index (χ2n) is 5.79. The van der Waals surface area contributed by atoms with Gasteiger partial charge in [0.1, 0.15) is 0 Å². The number of aryl methyl sites for hydroxylation is 1. The minimum absolute atomic E-state index is 0.119. The first-order valence-corrected chi connectivity index (χ1v) is 8.17. The number of rotatable bonds is 6. The van der Waals surface area contributed by atoms with Crippen LogP contribution in [0.25, 0.3) is 0 Å². The van der Waals surface area contributed by atoms with E-state index in [1.807, 2.05) is 0 Å². The second kappa shape index (κ2) is 6.76. The Morgan fingerprint density at radius 1 is 1.26 bits per heavy atom. The Labute approximate surface area is 122 Å². The van der Waals surface area contributed by atoms with Crippen molar-refractivity contribution in [3.63, 3.8) is 0 Å². The fourth-order valence-corrected chi connectivity index (χ4v) is 3.61. The largest absolute Gasteiger partial charge is 0.309 e. The maximum absolute atomic E-state index is 6.18. The van der Waals surface area contributed by atoms with Gasteiger partial charge in [0.2, 0.25) is 0 Å². The first-order valence-electron chi connectivity index (χ1n) is 7.63. The first kappa shape index (κ1) is 14.9. The zero-order valence-electron chi connectivity index (χ0n) is 12.2. The molecule has 1 aliphatic rings. The standard InChI is InChI=1S/C17H26ClN/c1-3-17(4-2,13-18)19-12-15-10-7-9-14-8-5-6-11-16(14)15/h5-6,8,11,15,19H,3-4,7,9-10,12-13H2,1-2H3. The SMILES string of the molecule is CCC(CC)(CCl)NCC1CCCc2ccccc21. The van der Waals surface area contributed by atoms with Gasteiger partial charge >= 0.3 is 0 Å². The summed E-state index contributed by atoms with van der Waals surface area (Å²) in [4.78, 5) is 0. The lowest BCUT2D eigenvalue weighted by Gasteiger charge is -2.34. The molecule has 1 aromatic carbocycles. The van der Waals surface area contributed by atoms with Crippen molar-refractivity contribution < 1.29 is 0 Å². The Morgan fingerprint density at radius 2 is 2.00 bits per heavy atom. The number of nitrogens with one attached hydrogen (secondary N) is 1. The summed E-state index contributed by atoms with van der Waals surface area (Å²) in [6, 6.07) is 8.93. The zero-order chi connectivity index (χ0) is 13.7. The van der Waals surface area contributed by atoms with Crippen LogP contribution in [0.5, 0.6) is 0 Å². The van der Waals surface area contributed by atoms with Gasteiger partial charge in [-0.2, -0.15) is 0 Å². The van der Waals surface area contributed by atoms with Crippen molar-refractivity contribution >= 4 is 11.6 Å². The van der Waals surface area contributed by atoms with Gasteiger partial charge < -0.3 is 5.32 Å². The molecule has 2 heteroatoms. The van der Waals surface area contributed by atoms with E-state index in [0.717, 1.165) is 19.4 Å². The van der Waals surface area contributed by atoms with E-state index >= 15 is 0 Å². The van der Waals surface area contributed by atoms with Crippen molar-refractivity contribution in [2.24, 2.45) is 0 Å². The molecule has 1 nitrogen and oxygen atoms in total. The molecular formula is C17H26ClN. The van der Waals surface area contributed by atoms with Gasteiger partial charge in [0, 0.05) is 18.0 Å². The molecular weight excluding hydrogens is 254 g/mol. The highest BCUT2D eigenvalue weighted by atomic mass is 35.5. The highest BCUT2D eigenvalue weighted by molar-refractivity contribution is 6.18. The predicted molar refractivity (Wildman–Crippen MR) is 84.2 cm³/mol. The summed E-state index contributed by atoms with van der Waals surface area (Å²) >= 11 is 6.18. The zero-order valence-corrected chi connectivity index (χ0v) is 13.0. The smallest absolute Gasteiger partial charge is 0.0405 e. The topological polar surface area (TPSA) is 12.0 Å². The van der Waals surface area contributed by atoms with Gasteiger partial charge in [0.25, 0.3) is 0 Å². The fourth-order valence-electron chi connectivity index (χ4n) is 3.14. The highest BCUT2D eigenvalue weighted by Gasteiger charge is 2.27. The van der Waals surface area contributed by atoms with E-state index in [1.165, 1.54) is 19.3 Å². The molecule has 0 saturated heterocycles. The van der Waals surface area contributed by atoms with Crippen LogP contribution < -0.4 is 5.32 Å². The van der Waals surface area contributed by atoms with Crippen LogP contribution >= 0.6 is 11.6 Å². The number of hydrogen-bond acceptors (Lipinski definition) is 1. The lowest BCUT2D eigenvalue weighted by atomic mass is 9.82. The molecule has 19 heavy (non-hydrogen) atoms. The Hall–Kier alpha value is -0.530. The lowest BCUT2D eigenvalue weighted by Crippen LogP contribution is -2.47. The van der Waals surface area contributed by atoms with Gasteiger partial charge in [-0.15, -0.1) is 11.6 Å². The first-order chi connectivity index (χ1) is 9.24. The van der Waals surface area contributed by atoms with Crippen LogP contribution in [0.15, 0.2) is 24.3 Å². The Balaban J connectivity index is 2.05. The maximum Gasteiger partial charge on any atom is 0.0405 e. The molecule has 0 bridgehead atoms. The minimum atomic E-state index is 0.119. The van der Waals surface area contributed by atoms with Crippen LogP contribution in [0.4, 0.5) is 0 Å². The van der Waals surface area contributed by atoms with Crippen LogP contribution in [-0.2, 0) is 6.42 Å². The maximum atomic E-state index is 6.18. The van der Waals surface area contributed by atoms with Crippen LogP contribution in [0, 0.1) is 0 Å². The normalized spacial score (nSPS) is 19.2. The van der Waals surface area contributed by atoms with Crippen molar-refractivity contribution in [3.8, 4) is 0 Å². The number of hydrogen-bond donors (Lipinski definition) is 1. The summed E-state index contributed by atoms with van der Waals surface area (Å²) in [6.45, 7) is 5.52. The summed E-state index contributed by atoms with van der Waals surface area (Å²) in [5.41, 5.74) is 3.22. The minimum Gasteiger partial charge on any atom is -0.309 e. The van der Waals surface area contributed by atoms with Gasteiger partial charge in [-0.05, 0) is 49.1 Å².